The monoisotopic (exact) mass is 424 g/mol. The second-order valence-electron chi connectivity index (χ2n) is 7.98. The predicted octanol–water partition coefficient (Wildman–Crippen LogP) is 3.78. The molecule has 30 heavy (non-hydrogen) atoms. The zero-order valence-electron chi connectivity index (χ0n) is 17.3. The molecule has 164 valence electrons. The number of rotatable bonds is 5. The summed E-state index contributed by atoms with van der Waals surface area (Å²) in [4.78, 5) is 20.4. The number of benzene rings is 1. The minimum absolute atomic E-state index is 0.0115. The Labute approximate surface area is 173 Å². The maximum atomic E-state index is 12.6. The first-order valence-electron chi connectivity index (χ1n) is 9.78. The highest BCUT2D eigenvalue weighted by molar-refractivity contribution is 5.68. The standard InChI is InChI=1S/C20H26F2N4O4/c1-20(2,3)29-19(27)26-10-6-9-25(11-12-26)13-16-23-17(24-30-16)14-7-4-5-8-15(14)28-18(21)22/h4-5,7-8,18H,6,9-13H2,1-3H3. The van der Waals surface area contributed by atoms with Gasteiger partial charge in [0.2, 0.25) is 11.7 Å². The smallest absolute Gasteiger partial charge is 0.410 e. The van der Waals surface area contributed by atoms with Crippen LogP contribution in [-0.4, -0.2) is 64.4 Å². The predicted molar refractivity (Wildman–Crippen MR) is 104 cm³/mol. The third-order valence-electron chi connectivity index (χ3n) is 4.41. The number of carbonyl (C=O) groups is 1. The quantitative estimate of drug-likeness (QED) is 0.723. The van der Waals surface area contributed by atoms with Gasteiger partial charge in [0.05, 0.1) is 12.1 Å². The summed E-state index contributed by atoms with van der Waals surface area (Å²) in [6.45, 7) is 5.49. The molecule has 1 amide bonds. The Morgan fingerprint density at radius 2 is 1.97 bits per heavy atom. The summed E-state index contributed by atoms with van der Waals surface area (Å²) in [5.74, 6) is 0.539. The SMILES string of the molecule is CC(C)(C)OC(=O)N1CCCN(Cc2nc(-c3ccccc3OC(F)F)no2)CC1. The van der Waals surface area contributed by atoms with E-state index in [0.29, 0.717) is 37.6 Å². The molecule has 1 saturated heterocycles. The minimum Gasteiger partial charge on any atom is -0.444 e. The lowest BCUT2D eigenvalue weighted by molar-refractivity contribution is -0.0494. The fraction of sp³-hybridized carbons (Fsp3) is 0.550. The number of hydrogen-bond acceptors (Lipinski definition) is 7. The van der Waals surface area contributed by atoms with E-state index in [1.54, 1.807) is 23.1 Å². The van der Waals surface area contributed by atoms with Crippen LogP contribution in [0.3, 0.4) is 0 Å². The van der Waals surface area contributed by atoms with Crippen molar-refractivity contribution in [2.24, 2.45) is 0 Å². The molecule has 0 spiro atoms. The van der Waals surface area contributed by atoms with Gasteiger partial charge in [-0.05, 0) is 39.3 Å². The third kappa shape index (κ3) is 6.12. The number of aromatic nitrogens is 2. The molecule has 2 heterocycles. The number of ether oxygens (including phenoxy) is 2. The molecule has 1 aromatic heterocycles. The van der Waals surface area contributed by atoms with E-state index in [-0.39, 0.29) is 17.7 Å². The molecule has 1 aliphatic heterocycles. The number of halogens is 2. The lowest BCUT2D eigenvalue weighted by Crippen LogP contribution is -2.39. The van der Waals surface area contributed by atoms with Crippen molar-refractivity contribution < 1.29 is 27.6 Å². The van der Waals surface area contributed by atoms with Gasteiger partial charge in [0, 0.05) is 26.2 Å². The maximum Gasteiger partial charge on any atom is 0.410 e. The Morgan fingerprint density at radius 3 is 2.70 bits per heavy atom. The van der Waals surface area contributed by atoms with Crippen LogP contribution in [0.1, 0.15) is 33.1 Å². The number of nitrogens with zero attached hydrogens (tertiary/aromatic N) is 4. The van der Waals surface area contributed by atoms with E-state index in [0.717, 1.165) is 13.0 Å². The maximum absolute atomic E-state index is 12.6. The van der Waals surface area contributed by atoms with Crippen molar-refractivity contribution in [3.8, 4) is 17.1 Å². The number of alkyl halides is 2. The Balaban J connectivity index is 1.61. The highest BCUT2D eigenvalue weighted by Gasteiger charge is 2.25. The lowest BCUT2D eigenvalue weighted by atomic mass is 10.2. The highest BCUT2D eigenvalue weighted by Crippen LogP contribution is 2.29. The van der Waals surface area contributed by atoms with Gasteiger partial charge in [0.1, 0.15) is 11.4 Å². The molecule has 2 aromatic rings. The largest absolute Gasteiger partial charge is 0.444 e. The summed E-state index contributed by atoms with van der Waals surface area (Å²) in [6.07, 6.45) is 0.464. The summed E-state index contributed by atoms with van der Waals surface area (Å²) in [7, 11) is 0. The first-order valence-corrected chi connectivity index (χ1v) is 9.78. The van der Waals surface area contributed by atoms with Crippen molar-refractivity contribution in [2.45, 2.75) is 45.9 Å². The van der Waals surface area contributed by atoms with Crippen LogP contribution in [-0.2, 0) is 11.3 Å². The van der Waals surface area contributed by atoms with E-state index in [1.165, 1.54) is 6.07 Å². The van der Waals surface area contributed by atoms with Gasteiger partial charge in [0.15, 0.2) is 0 Å². The molecule has 0 N–H and O–H groups in total. The van der Waals surface area contributed by atoms with Crippen LogP contribution in [0, 0.1) is 0 Å². The second-order valence-corrected chi connectivity index (χ2v) is 7.98. The van der Waals surface area contributed by atoms with Crippen LogP contribution in [0.4, 0.5) is 13.6 Å². The van der Waals surface area contributed by atoms with Gasteiger partial charge in [-0.15, -0.1) is 0 Å². The molecule has 0 aliphatic carbocycles. The molecule has 0 saturated carbocycles. The van der Waals surface area contributed by atoms with Crippen molar-refractivity contribution in [3.63, 3.8) is 0 Å². The first-order chi connectivity index (χ1) is 14.2. The van der Waals surface area contributed by atoms with Gasteiger partial charge in [-0.1, -0.05) is 17.3 Å². The van der Waals surface area contributed by atoms with E-state index in [1.807, 2.05) is 20.8 Å². The van der Waals surface area contributed by atoms with Gasteiger partial charge in [-0.2, -0.15) is 13.8 Å². The van der Waals surface area contributed by atoms with Crippen LogP contribution in [0.2, 0.25) is 0 Å². The molecule has 1 aromatic carbocycles. The molecular weight excluding hydrogens is 398 g/mol. The summed E-state index contributed by atoms with van der Waals surface area (Å²) < 4.78 is 40.5. The van der Waals surface area contributed by atoms with Gasteiger partial charge in [0.25, 0.3) is 0 Å². The number of carbonyl (C=O) groups excluding carboxylic acids is 1. The molecule has 10 heteroatoms. The summed E-state index contributed by atoms with van der Waals surface area (Å²) in [5.41, 5.74) is -0.201. The highest BCUT2D eigenvalue weighted by atomic mass is 19.3. The van der Waals surface area contributed by atoms with Crippen molar-refractivity contribution in [1.29, 1.82) is 0 Å². The summed E-state index contributed by atoms with van der Waals surface area (Å²) >= 11 is 0. The molecule has 1 fully saturated rings. The fourth-order valence-corrected chi connectivity index (χ4v) is 3.11. The van der Waals surface area contributed by atoms with Gasteiger partial charge in [-0.3, -0.25) is 4.90 Å². The van der Waals surface area contributed by atoms with Crippen molar-refractivity contribution in [3.05, 3.63) is 30.2 Å². The zero-order chi connectivity index (χ0) is 21.7. The molecule has 8 nitrogen and oxygen atoms in total. The number of amides is 1. The van der Waals surface area contributed by atoms with Crippen LogP contribution in [0.5, 0.6) is 5.75 Å². The van der Waals surface area contributed by atoms with E-state index in [9.17, 15) is 13.6 Å². The number of hydrogen-bond donors (Lipinski definition) is 0. The molecule has 0 bridgehead atoms. The topological polar surface area (TPSA) is 80.9 Å². The van der Waals surface area contributed by atoms with E-state index < -0.39 is 12.2 Å². The zero-order valence-corrected chi connectivity index (χ0v) is 17.3. The Morgan fingerprint density at radius 1 is 1.20 bits per heavy atom. The van der Waals surface area contributed by atoms with Crippen molar-refractivity contribution >= 4 is 6.09 Å². The van der Waals surface area contributed by atoms with Crippen LogP contribution in [0.15, 0.2) is 28.8 Å². The summed E-state index contributed by atoms with van der Waals surface area (Å²) in [6, 6.07) is 6.30. The van der Waals surface area contributed by atoms with Gasteiger partial charge in [-0.25, -0.2) is 4.79 Å². The minimum atomic E-state index is -2.94. The summed E-state index contributed by atoms with van der Waals surface area (Å²) in [5, 5.41) is 3.90. The third-order valence-corrected chi connectivity index (χ3v) is 4.41. The van der Waals surface area contributed by atoms with Gasteiger partial charge < -0.3 is 18.9 Å². The molecule has 3 rings (SSSR count). The average molecular weight is 424 g/mol. The molecule has 0 atom stereocenters. The molecule has 1 aliphatic rings. The van der Waals surface area contributed by atoms with Crippen LogP contribution >= 0.6 is 0 Å². The lowest BCUT2D eigenvalue weighted by Gasteiger charge is -2.26. The van der Waals surface area contributed by atoms with E-state index in [2.05, 4.69) is 19.8 Å². The second kappa shape index (κ2) is 9.38. The van der Waals surface area contributed by atoms with Crippen molar-refractivity contribution in [1.82, 2.24) is 19.9 Å². The van der Waals surface area contributed by atoms with Crippen LogP contribution in [0.25, 0.3) is 11.4 Å². The van der Waals surface area contributed by atoms with E-state index >= 15 is 0 Å². The van der Waals surface area contributed by atoms with Crippen LogP contribution < -0.4 is 4.74 Å². The molecule has 0 radical (unpaired) electrons. The normalized spacial score (nSPS) is 15.9. The van der Waals surface area contributed by atoms with Gasteiger partial charge >= 0.3 is 12.7 Å². The first kappa shape index (κ1) is 21.9. The average Bonchev–Trinajstić information content (AvgIpc) is 2.97. The Kier molecular flexibility index (Phi) is 6.86. The van der Waals surface area contributed by atoms with Crippen molar-refractivity contribution in [2.75, 3.05) is 26.2 Å². The Hall–Kier alpha value is -2.75. The molecular formula is C20H26F2N4O4. The van der Waals surface area contributed by atoms with E-state index in [4.69, 9.17) is 9.26 Å². The fourth-order valence-electron chi connectivity index (χ4n) is 3.11. The Bertz CT molecular complexity index is 853. The molecule has 0 unspecified atom stereocenters. The number of para-hydroxylation sites is 1.